The average molecular weight is 366 g/mol. The summed E-state index contributed by atoms with van der Waals surface area (Å²) in [4.78, 5) is 5.30. The van der Waals surface area contributed by atoms with E-state index in [4.69, 9.17) is 0 Å². The van der Waals surface area contributed by atoms with Gasteiger partial charge in [0.25, 0.3) is 0 Å². The number of benzene rings is 2. The third kappa shape index (κ3) is 5.90. The van der Waals surface area contributed by atoms with Crippen molar-refractivity contribution in [3.05, 3.63) is 71.8 Å². The summed E-state index contributed by atoms with van der Waals surface area (Å²) >= 11 is 0. The molecule has 0 spiro atoms. The summed E-state index contributed by atoms with van der Waals surface area (Å²) in [6, 6.07) is 22.5. The standard InChI is InChI=1S/C24H35N3/c1-3-27(4-2)24(17-21-11-7-5-8-12-21)23-18-25-15-16-26(20-23)19-22-13-9-6-10-14-22/h5-14,23-25H,3-4,15-20H2,1-2H3. The average Bonchev–Trinajstić information content (AvgIpc) is 2.95. The van der Waals surface area contributed by atoms with Crippen LogP contribution in [0.1, 0.15) is 25.0 Å². The third-order valence-corrected chi connectivity index (χ3v) is 5.87. The highest BCUT2D eigenvalue weighted by Crippen LogP contribution is 2.20. The Kier molecular flexibility index (Phi) is 7.88. The van der Waals surface area contributed by atoms with Crippen LogP contribution in [0.25, 0.3) is 0 Å². The van der Waals surface area contributed by atoms with E-state index in [1.807, 2.05) is 0 Å². The SMILES string of the molecule is CCN(CC)C(Cc1ccccc1)C1CNCCN(Cc2ccccc2)C1. The molecule has 3 nitrogen and oxygen atoms in total. The van der Waals surface area contributed by atoms with Crippen LogP contribution in [-0.2, 0) is 13.0 Å². The number of nitrogens with one attached hydrogen (secondary N) is 1. The van der Waals surface area contributed by atoms with Crippen molar-refractivity contribution in [3.63, 3.8) is 0 Å². The van der Waals surface area contributed by atoms with Gasteiger partial charge in [-0.15, -0.1) is 0 Å². The van der Waals surface area contributed by atoms with Crippen molar-refractivity contribution in [2.45, 2.75) is 32.9 Å². The molecule has 1 saturated heterocycles. The molecule has 27 heavy (non-hydrogen) atoms. The monoisotopic (exact) mass is 365 g/mol. The fourth-order valence-electron chi connectivity index (χ4n) is 4.40. The smallest absolute Gasteiger partial charge is 0.0234 e. The first-order chi connectivity index (χ1) is 13.3. The van der Waals surface area contributed by atoms with E-state index in [1.165, 1.54) is 11.1 Å². The van der Waals surface area contributed by atoms with Crippen LogP contribution in [0.15, 0.2) is 60.7 Å². The molecule has 0 aliphatic carbocycles. The molecule has 0 bridgehead atoms. The first-order valence-corrected chi connectivity index (χ1v) is 10.5. The van der Waals surface area contributed by atoms with E-state index in [0.717, 1.165) is 52.2 Å². The molecule has 2 aromatic rings. The van der Waals surface area contributed by atoms with Gasteiger partial charge in [-0.1, -0.05) is 74.5 Å². The molecule has 1 heterocycles. The summed E-state index contributed by atoms with van der Waals surface area (Å²) in [6.07, 6.45) is 1.13. The van der Waals surface area contributed by atoms with Gasteiger partial charge in [0.1, 0.15) is 0 Å². The fraction of sp³-hybridized carbons (Fsp3) is 0.500. The largest absolute Gasteiger partial charge is 0.315 e. The molecule has 0 saturated carbocycles. The van der Waals surface area contributed by atoms with Crippen molar-refractivity contribution in [3.8, 4) is 0 Å². The summed E-state index contributed by atoms with van der Waals surface area (Å²) < 4.78 is 0. The lowest BCUT2D eigenvalue weighted by molar-refractivity contribution is 0.125. The van der Waals surface area contributed by atoms with Gasteiger partial charge in [0.05, 0.1) is 0 Å². The van der Waals surface area contributed by atoms with Gasteiger partial charge in [-0.2, -0.15) is 0 Å². The van der Waals surface area contributed by atoms with E-state index < -0.39 is 0 Å². The molecule has 0 aromatic heterocycles. The van der Waals surface area contributed by atoms with Gasteiger partial charge < -0.3 is 10.2 Å². The van der Waals surface area contributed by atoms with Gasteiger partial charge in [0, 0.05) is 38.8 Å². The second-order valence-electron chi connectivity index (χ2n) is 7.66. The second kappa shape index (κ2) is 10.6. The van der Waals surface area contributed by atoms with E-state index in [1.54, 1.807) is 0 Å². The summed E-state index contributed by atoms with van der Waals surface area (Å²) in [7, 11) is 0. The zero-order valence-corrected chi connectivity index (χ0v) is 17.0. The van der Waals surface area contributed by atoms with Gasteiger partial charge in [0.2, 0.25) is 0 Å². The Morgan fingerprint density at radius 3 is 2.22 bits per heavy atom. The van der Waals surface area contributed by atoms with E-state index in [-0.39, 0.29) is 0 Å². The molecular formula is C24H35N3. The van der Waals surface area contributed by atoms with Crippen LogP contribution in [0, 0.1) is 5.92 Å². The molecule has 0 radical (unpaired) electrons. The normalized spacial score (nSPS) is 19.7. The highest BCUT2D eigenvalue weighted by Gasteiger charge is 2.29. The van der Waals surface area contributed by atoms with Gasteiger partial charge in [-0.3, -0.25) is 4.90 Å². The van der Waals surface area contributed by atoms with Crippen LogP contribution in [0.3, 0.4) is 0 Å². The molecule has 1 N–H and O–H groups in total. The molecule has 3 heteroatoms. The first-order valence-electron chi connectivity index (χ1n) is 10.5. The quantitative estimate of drug-likeness (QED) is 0.770. The van der Waals surface area contributed by atoms with E-state index in [0.29, 0.717) is 12.0 Å². The van der Waals surface area contributed by atoms with Crippen molar-refractivity contribution in [1.29, 1.82) is 0 Å². The summed E-state index contributed by atoms with van der Waals surface area (Å²) in [6.45, 7) is 12.4. The lowest BCUT2D eigenvalue weighted by Crippen LogP contribution is -2.47. The zero-order chi connectivity index (χ0) is 18.9. The minimum atomic E-state index is 0.575. The van der Waals surface area contributed by atoms with E-state index in [9.17, 15) is 0 Å². The van der Waals surface area contributed by atoms with Gasteiger partial charge >= 0.3 is 0 Å². The molecule has 1 aliphatic heterocycles. The third-order valence-electron chi connectivity index (χ3n) is 5.87. The summed E-state index contributed by atoms with van der Waals surface area (Å²) in [5.41, 5.74) is 2.87. The molecule has 1 fully saturated rings. The Labute approximate surface area is 165 Å². The minimum absolute atomic E-state index is 0.575. The number of hydrogen-bond acceptors (Lipinski definition) is 3. The number of rotatable bonds is 8. The number of nitrogens with zero attached hydrogens (tertiary/aromatic N) is 2. The highest BCUT2D eigenvalue weighted by molar-refractivity contribution is 5.17. The lowest BCUT2D eigenvalue weighted by Gasteiger charge is -2.37. The van der Waals surface area contributed by atoms with Gasteiger partial charge in [0.15, 0.2) is 0 Å². The lowest BCUT2D eigenvalue weighted by atomic mass is 9.91. The Morgan fingerprint density at radius 1 is 0.963 bits per heavy atom. The van der Waals surface area contributed by atoms with Crippen LogP contribution in [0.4, 0.5) is 0 Å². The highest BCUT2D eigenvalue weighted by atomic mass is 15.2. The molecule has 0 amide bonds. The van der Waals surface area contributed by atoms with Crippen LogP contribution in [0.2, 0.25) is 0 Å². The molecule has 3 rings (SSSR count). The van der Waals surface area contributed by atoms with Crippen LogP contribution >= 0.6 is 0 Å². The zero-order valence-electron chi connectivity index (χ0n) is 17.0. The molecular weight excluding hydrogens is 330 g/mol. The van der Waals surface area contributed by atoms with Gasteiger partial charge in [-0.25, -0.2) is 0 Å². The van der Waals surface area contributed by atoms with Crippen molar-refractivity contribution < 1.29 is 0 Å². The molecule has 2 atom stereocenters. The van der Waals surface area contributed by atoms with E-state index in [2.05, 4.69) is 89.6 Å². The fourth-order valence-corrected chi connectivity index (χ4v) is 4.40. The second-order valence-corrected chi connectivity index (χ2v) is 7.66. The maximum absolute atomic E-state index is 3.71. The Balaban J connectivity index is 1.74. The molecule has 2 unspecified atom stereocenters. The topological polar surface area (TPSA) is 18.5 Å². The summed E-state index contributed by atoms with van der Waals surface area (Å²) in [5, 5.41) is 3.71. The van der Waals surface area contributed by atoms with Gasteiger partial charge in [-0.05, 0) is 36.6 Å². The maximum atomic E-state index is 3.71. The molecule has 2 aromatic carbocycles. The predicted molar refractivity (Wildman–Crippen MR) is 115 cm³/mol. The maximum Gasteiger partial charge on any atom is 0.0234 e. The Hall–Kier alpha value is -1.68. The Morgan fingerprint density at radius 2 is 1.59 bits per heavy atom. The predicted octanol–water partition coefficient (Wildman–Crippen LogP) is 3.66. The van der Waals surface area contributed by atoms with E-state index >= 15 is 0 Å². The molecule has 1 aliphatic rings. The van der Waals surface area contributed by atoms with Crippen molar-refractivity contribution >= 4 is 0 Å². The summed E-state index contributed by atoms with van der Waals surface area (Å²) in [5.74, 6) is 0.635. The minimum Gasteiger partial charge on any atom is -0.315 e. The van der Waals surface area contributed by atoms with Crippen LogP contribution in [0.5, 0.6) is 0 Å². The van der Waals surface area contributed by atoms with Crippen LogP contribution < -0.4 is 5.32 Å². The van der Waals surface area contributed by atoms with Crippen molar-refractivity contribution in [1.82, 2.24) is 15.1 Å². The van der Waals surface area contributed by atoms with Crippen LogP contribution in [-0.4, -0.2) is 55.1 Å². The van der Waals surface area contributed by atoms with Crippen molar-refractivity contribution in [2.75, 3.05) is 39.3 Å². The first kappa shape index (κ1) is 20.1. The Bertz CT molecular complexity index is 639. The number of likely N-dealkylation sites (N-methyl/N-ethyl adjacent to an activating group) is 1. The van der Waals surface area contributed by atoms with Crippen molar-refractivity contribution in [2.24, 2.45) is 5.92 Å². The number of hydrogen-bond donors (Lipinski definition) is 1. The molecule has 146 valence electrons.